The summed E-state index contributed by atoms with van der Waals surface area (Å²) in [6.07, 6.45) is 2.29. The van der Waals surface area contributed by atoms with E-state index in [2.05, 4.69) is 12.1 Å². The maximum atomic E-state index is 5.52. The second kappa shape index (κ2) is 4.94. The Labute approximate surface area is 74.4 Å². The second-order valence-electron chi connectivity index (χ2n) is 2.84. The topological polar surface area (TPSA) is 9.23 Å². The Balaban J connectivity index is 2.33. The van der Waals surface area contributed by atoms with E-state index in [0.29, 0.717) is 6.61 Å². The molecule has 1 aromatic rings. The molecule has 0 heterocycles. The van der Waals surface area contributed by atoms with Gasteiger partial charge in [0.1, 0.15) is 0 Å². The summed E-state index contributed by atoms with van der Waals surface area (Å²) in [6.45, 7) is 4.75. The summed E-state index contributed by atoms with van der Waals surface area (Å²) < 4.78 is 5.52. The first-order valence-electron chi connectivity index (χ1n) is 4.28. The van der Waals surface area contributed by atoms with Crippen molar-refractivity contribution in [2.75, 3.05) is 0 Å². The second-order valence-corrected chi connectivity index (χ2v) is 2.84. The fourth-order valence-corrected chi connectivity index (χ4v) is 0.898. The lowest BCUT2D eigenvalue weighted by Crippen LogP contribution is -2.06. The Bertz CT molecular complexity index is 206. The normalized spacial score (nSPS) is 12.8. The third-order valence-electron chi connectivity index (χ3n) is 1.83. The van der Waals surface area contributed by atoms with Crippen LogP contribution >= 0.6 is 0 Å². The van der Waals surface area contributed by atoms with Gasteiger partial charge in [-0.1, -0.05) is 37.3 Å². The Hall–Kier alpha value is -0.820. The summed E-state index contributed by atoms with van der Waals surface area (Å²) in [5.74, 6) is 0. The zero-order chi connectivity index (χ0) is 8.81. The predicted molar refractivity (Wildman–Crippen MR) is 50.7 cm³/mol. The van der Waals surface area contributed by atoms with Crippen LogP contribution in [0.1, 0.15) is 19.4 Å². The molecule has 0 saturated heterocycles. The van der Waals surface area contributed by atoms with Crippen molar-refractivity contribution >= 4 is 0 Å². The molecular formula is C11H15O. The van der Waals surface area contributed by atoms with Gasteiger partial charge in [0.2, 0.25) is 0 Å². The van der Waals surface area contributed by atoms with Gasteiger partial charge < -0.3 is 4.74 Å². The van der Waals surface area contributed by atoms with Gasteiger partial charge in [-0.05, 0) is 18.9 Å². The highest BCUT2D eigenvalue weighted by molar-refractivity contribution is 5.13. The lowest BCUT2D eigenvalue weighted by molar-refractivity contribution is 0.0742. The van der Waals surface area contributed by atoms with Gasteiger partial charge in [-0.2, -0.15) is 0 Å². The molecule has 65 valence electrons. The molecule has 0 spiro atoms. The number of hydrogen-bond donors (Lipinski definition) is 0. The van der Waals surface area contributed by atoms with Gasteiger partial charge >= 0.3 is 0 Å². The van der Waals surface area contributed by atoms with Crippen molar-refractivity contribution in [2.24, 2.45) is 0 Å². The summed E-state index contributed by atoms with van der Waals surface area (Å²) in [5.41, 5.74) is 1.23. The maximum absolute atomic E-state index is 5.52. The number of benzene rings is 1. The molecule has 0 aliphatic carbocycles. The van der Waals surface area contributed by atoms with Gasteiger partial charge in [-0.3, -0.25) is 0 Å². The largest absolute Gasteiger partial charge is 0.374 e. The Morgan fingerprint density at radius 1 is 1.33 bits per heavy atom. The molecule has 12 heavy (non-hydrogen) atoms. The van der Waals surface area contributed by atoms with Gasteiger partial charge in [0.05, 0.1) is 12.7 Å². The zero-order valence-corrected chi connectivity index (χ0v) is 7.66. The molecule has 0 aromatic heterocycles. The van der Waals surface area contributed by atoms with Crippen LogP contribution in [-0.2, 0) is 11.3 Å². The van der Waals surface area contributed by atoms with Crippen molar-refractivity contribution in [3.05, 3.63) is 42.3 Å². The Morgan fingerprint density at radius 2 is 2.00 bits per heavy atom. The molecule has 1 atom stereocenters. The van der Waals surface area contributed by atoms with E-state index in [1.165, 1.54) is 5.56 Å². The van der Waals surface area contributed by atoms with E-state index in [1.807, 2.05) is 38.5 Å². The lowest BCUT2D eigenvalue weighted by atomic mass is 10.2. The van der Waals surface area contributed by atoms with Gasteiger partial charge in [0.25, 0.3) is 0 Å². The van der Waals surface area contributed by atoms with E-state index >= 15 is 0 Å². The molecule has 0 saturated carbocycles. The van der Waals surface area contributed by atoms with Crippen LogP contribution in [0.5, 0.6) is 0 Å². The SMILES string of the molecule is C[CH]C(C)OCc1ccccc1. The van der Waals surface area contributed by atoms with Crippen LogP contribution in [0.15, 0.2) is 30.3 Å². The summed E-state index contributed by atoms with van der Waals surface area (Å²) >= 11 is 0. The third-order valence-corrected chi connectivity index (χ3v) is 1.83. The van der Waals surface area contributed by atoms with Gasteiger partial charge in [0, 0.05) is 0 Å². The van der Waals surface area contributed by atoms with E-state index in [1.54, 1.807) is 0 Å². The summed E-state index contributed by atoms with van der Waals surface area (Å²) in [7, 11) is 0. The monoisotopic (exact) mass is 163 g/mol. The van der Waals surface area contributed by atoms with E-state index in [0.717, 1.165) is 0 Å². The zero-order valence-electron chi connectivity index (χ0n) is 7.66. The highest BCUT2D eigenvalue weighted by atomic mass is 16.5. The average molecular weight is 163 g/mol. The molecule has 0 amide bonds. The van der Waals surface area contributed by atoms with E-state index < -0.39 is 0 Å². The number of ether oxygens (including phenoxy) is 1. The molecule has 1 rings (SSSR count). The molecule has 1 radical (unpaired) electrons. The molecule has 0 aliphatic heterocycles. The van der Waals surface area contributed by atoms with Crippen molar-refractivity contribution in [3.8, 4) is 0 Å². The van der Waals surface area contributed by atoms with E-state index in [-0.39, 0.29) is 6.10 Å². The number of hydrogen-bond acceptors (Lipinski definition) is 1. The van der Waals surface area contributed by atoms with Gasteiger partial charge in [-0.15, -0.1) is 0 Å². The fourth-order valence-electron chi connectivity index (χ4n) is 0.898. The van der Waals surface area contributed by atoms with Crippen molar-refractivity contribution < 1.29 is 4.74 Å². The third kappa shape index (κ3) is 3.05. The standard InChI is InChI=1S/C11H15O/c1-3-10(2)12-9-11-7-5-4-6-8-11/h3-8,10H,9H2,1-2H3. The van der Waals surface area contributed by atoms with E-state index in [4.69, 9.17) is 4.74 Å². The highest BCUT2D eigenvalue weighted by Crippen LogP contribution is 2.04. The first-order valence-corrected chi connectivity index (χ1v) is 4.28. The molecule has 0 bridgehead atoms. The summed E-state index contributed by atoms with van der Waals surface area (Å²) in [6, 6.07) is 10.2. The first-order chi connectivity index (χ1) is 5.83. The van der Waals surface area contributed by atoms with Crippen LogP contribution in [0.2, 0.25) is 0 Å². The van der Waals surface area contributed by atoms with Gasteiger partial charge in [0.15, 0.2) is 0 Å². The molecule has 1 unspecified atom stereocenters. The van der Waals surface area contributed by atoms with Crippen molar-refractivity contribution in [3.63, 3.8) is 0 Å². The average Bonchev–Trinajstić information content (AvgIpc) is 2.16. The van der Waals surface area contributed by atoms with Crippen molar-refractivity contribution in [1.29, 1.82) is 0 Å². The van der Waals surface area contributed by atoms with Gasteiger partial charge in [-0.25, -0.2) is 0 Å². The minimum atomic E-state index is 0.241. The van der Waals surface area contributed by atoms with Crippen LogP contribution < -0.4 is 0 Å². The van der Waals surface area contributed by atoms with Crippen LogP contribution in [0, 0.1) is 6.42 Å². The summed E-state index contributed by atoms with van der Waals surface area (Å²) in [4.78, 5) is 0. The van der Waals surface area contributed by atoms with Crippen LogP contribution in [0.4, 0.5) is 0 Å². The first kappa shape index (κ1) is 9.27. The van der Waals surface area contributed by atoms with Crippen LogP contribution in [0.3, 0.4) is 0 Å². The van der Waals surface area contributed by atoms with Crippen LogP contribution in [-0.4, -0.2) is 6.10 Å². The predicted octanol–water partition coefficient (Wildman–Crippen LogP) is 2.82. The quantitative estimate of drug-likeness (QED) is 0.663. The number of rotatable bonds is 4. The molecule has 0 N–H and O–H groups in total. The minimum Gasteiger partial charge on any atom is -0.374 e. The molecule has 1 aromatic carbocycles. The van der Waals surface area contributed by atoms with E-state index in [9.17, 15) is 0 Å². The highest BCUT2D eigenvalue weighted by Gasteiger charge is 1.98. The molecule has 0 fully saturated rings. The lowest BCUT2D eigenvalue weighted by Gasteiger charge is -2.09. The summed E-state index contributed by atoms with van der Waals surface area (Å²) in [5, 5.41) is 0. The van der Waals surface area contributed by atoms with Crippen LogP contribution in [0.25, 0.3) is 0 Å². The van der Waals surface area contributed by atoms with Crippen molar-refractivity contribution in [1.82, 2.24) is 0 Å². The molecular weight excluding hydrogens is 148 g/mol. The molecule has 0 aliphatic rings. The minimum absolute atomic E-state index is 0.241. The Morgan fingerprint density at radius 3 is 2.58 bits per heavy atom. The molecule has 1 heteroatoms. The maximum Gasteiger partial charge on any atom is 0.0720 e. The van der Waals surface area contributed by atoms with Crippen molar-refractivity contribution in [2.45, 2.75) is 26.6 Å². The molecule has 1 nitrogen and oxygen atoms in total. The Kier molecular flexibility index (Phi) is 3.81. The fraction of sp³-hybridized carbons (Fsp3) is 0.364. The smallest absolute Gasteiger partial charge is 0.0720 e.